The van der Waals surface area contributed by atoms with Crippen LogP contribution in [0.25, 0.3) is 0 Å². The van der Waals surface area contributed by atoms with Gasteiger partial charge in [0.2, 0.25) is 0 Å². The zero-order valence-electron chi connectivity index (χ0n) is 38.6. The molecule has 10 rings (SSSR count). The van der Waals surface area contributed by atoms with Gasteiger partial charge in [-0.3, -0.25) is 0 Å². The zero-order chi connectivity index (χ0) is 43.7. The van der Waals surface area contributed by atoms with Crippen molar-refractivity contribution in [1.82, 2.24) is 0 Å². The summed E-state index contributed by atoms with van der Waals surface area (Å²) in [6.45, 7) is 18.7. The van der Waals surface area contributed by atoms with Crippen molar-refractivity contribution in [2.75, 3.05) is 9.80 Å². The maximum absolute atomic E-state index is 2.64. The first kappa shape index (κ1) is 41.6. The molecule has 0 fully saturated rings. The molecule has 1 unspecified atom stereocenters. The molecule has 0 amide bonds. The van der Waals surface area contributed by atoms with E-state index in [0.29, 0.717) is 0 Å². The molecular formula is C59H61BN2S. The lowest BCUT2D eigenvalue weighted by Crippen LogP contribution is -2.61. The summed E-state index contributed by atoms with van der Waals surface area (Å²) in [5.41, 5.74) is 19.5. The van der Waals surface area contributed by atoms with Crippen LogP contribution >= 0.6 is 11.8 Å². The van der Waals surface area contributed by atoms with E-state index < -0.39 is 5.41 Å². The van der Waals surface area contributed by atoms with Gasteiger partial charge >= 0.3 is 0 Å². The lowest BCUT2D eigenvalue weighted by Gasteiger charge is -2.47. The Morgan fingerprint density at radius 2 is 1.37 bits per heavy atom. The van der Waals surface area contributed by atoms with Crippen LogP contribution in [0.4, 0.5) is 34.1 Å². The highest BCUT2D eigenvalue weighted by atomic mass is 32.2. The largest absolute Gasteiger partial charge is 0.311 e. The molecule has 63 heavy (non-hydrogen) atoms. The van der Waals surface area contributed by atoms with E-state index in [-0.39, 0.29) is 17.5 Å². The van der Waals surface area contributed by atoms with Crippen LogP contribution in [0.2, 0.25) is 0 Å². The molecule has 2 aliphatic carbocycles. The molecular weight excluding hydrogens is 780 g/mol. The summed E-state index contributed by atoms with van der Waals surface area (Å²) in [4.78, 5) is 7.98. The van der Waals surface area contributed by atoms with Crippen LogP contribution in [0.1, 0.15) is 111 Å². The highest BCUT2D eigenvalue weighted by Gasteiger charge is 2.48. The van der Waals surface area contributed by atoms with Gasteiger partial charge in [-0.25, -0.2) is 0 Å². The van der Waals surface area contributed by atoms with Gasteiger partial charge in [0.25, 0.3) is 6.71 Å². The Hall–Kier alpha value is -5.45. The van der Waals surface area contributed by atoms with Gasteiger partial charge in [-0.05, 0) is 146 Å². The van der Waals surface area contributed by atoms with Crippen LogP contribution in [0.15, 0.2) is 178 Å². The SMILES string of the molecule is CCC/C1=C(\CC)C(C2=CC=CCC=C2)(C2=CCCC=C2)c2ccc3c(c2)N(c2ccccc2S1)c1cccc2c1B3c1cc(C(C)(C)C)ccc1N2c1ccc(C(C)(C)C)cc1. The first-order valence-electron chi connectivity index (χ1n) is 23.5. The fraction of sp³-hybridized carbons (Fsp3) is 0.288. The van der Waals surface area contributed by atoms with E-state index in [9.17, 15) is 0 Å². The standard InChI is InChI=1S/C59H61BN2S/c1-9-21-54-46(10-2)59(42-24-16-13-17-25-42,41-22-14-11-12-15-23-41)44-32-36-47-53(39-44)62(50-26-18-19-29-55(50)63-54)52-28-20-27-51-56(52)60(47)48-38-43(58(6,7)8)33-37-49(48)61(51)45-34-30-40(31-35-45)57(3,4)5/h11,14-16,18-20,22-39H,9-10,12-13,17,21H2,1-8H3/b54-46-. The van der Waals surface area contributed by atoms with E-state index in [4.69, 9.17) is 0 Å². The number of para-hydroxylation sites is 1. The zero-order valence-corrected chi connectivity index (χ0v) is 39.4. The molecule has 0 radical (unpaired) electrons. The van der Waals surface area contributed by atoms with Gasteiger partial charge in [0.05, 0.1) is 11.1 Å². The van der Waals surface area contributed by atoms with Crippen LogP contribution in [0.3, 0.4) is 0 Å². The predicted molar refractivity (Wildman–Crippen MR) is 275 cm³/mol. The molecule has 3 aliphatic heterocycles. The molecule has 2 bridgehead atoms. The lowest BCUT2D eigenvalue weighted by atomic mass is 9.33. The quantitative estimate of drug-likeness (QED) is 0.154. The van der Waals surface area contributed by atoms with Crippen molar-refractivity contribution in [1.29, 1.82) is 0 Å². The minimum Gasteiger partial charge on any atom is -0.311 e. The van der Waals surface area contributed by atoms with Gasteiger partial charge in [0.15, 0.2) is 0 Å². The fourth-order valence-electron chi connectivity index (χ4n) is 11.1. The van der Waals surface area contributed by atoms with Crippen molar-refractivity contribution in [2.24, 2.45) is 0 Å². The lowest BCUT2D eigenvalue weighted by molar-refractivity contribution is 0.590. The second-order valence-corrected chi connectivity index (χ2v) is 21.2. The summed E-state index contributed by atoms with van der Waals surface area (Å²) in [7, 11) is 0. The summed E-state index contributed by atoms with van der Waals surface area (Å²) in [5, 5.41) is 0. The van der Waals surface area contributed by atoms with Crippen molar-refractivity contribution in [2.45, 2.75) is 115 Å². The smallest absolute Gasteiger partial charge is 0.252 e. The van der Waals surface area contributed by atoms with E-state index in [1.807, 2.05) is 11.8 Å². The third kappa shape index (κ3) is 6.78. The van der Waals surface area contributed by atoms with Gasteiger partial charge < -0.3 is 9.80 Å². The highest BCUT2D eigenvalue weighted by molar-refractivity contribution is 8.03. The Bertz CT molecular complexity index is 2820. The van der Waals surface area contributed by atoms with Crippen molar-refractivity contribution in [3.05, 3.63) is 190 Å². The van der Waals surface area contributed by atoms with Gasteiger partial charge in [-0.15, -0.1) is 0 Å². The maximum atomic E-state index is 2.64. The Balaban J connectivity index is 1.32. The second kappa shape index (κ2) is 16.0. The average molecular weight is 841 g/mol. The van der Waals surface area contributed by atoms with Crippen LogP contribution in [-0.4, -0.2) is 6.71 Å². The fourth-order valence-corrected chi connectivity index (χ4v) is 12.5. The number of anilines is 6. The van der Waals surface area contributed by atoms with Crippen LogP contribution in [0, 0.1) is 0 Å². The molecule has 3 heterocycles. The van der Waals surface area contributed by atoms with Crippen molar-refractivity contribution in [3.63, 3.8) is 0 Å². The van der Waals surface area contributed by atoms with Crippen molar-refractivity contribution in [3.8, 4) is 0 Å². The monoisotopic (exact) mass is 840 g/mol. The molecule has 5 aliphatic rings. The third-order valence-corrected chi connectivity index (χ3v) is 15.3. The predicted octanol–water partition coefficient (Wildman–Crippen LogP) is 14.9. The van der Waals surface area contributed by atoms with E-state index in [1.54, 1.807) is 0 Å². The normalized spacial score (nSPS) is 20.1. The summed E-state index contributed by atoms with van der Waals surface area (Å²) in [6.07, 6.45) is 25.4. The number of benzene rings is 5. The molecule has 0 spiro atoms. The Labute approximate surface area is 382 Å². The number of hydrogen-bond donors (Lipinski definition) is 0. The topological polar surface area (TPSA) is 6.48 Å². The molecule has 316 valence electrons. The summed E-state index contributed by atoms with van der Waals surface area (Å²) < 4.78 is 0. The Morgan fingerprint density at radius 1 is 0.635 bits per heavy atom. The van der Waals surface area contributed by atoms with Crippen molar-refractivity contribution < 1.29 is 0 Å². The number of hydrogen-bond acceptors (Lipinski definition) is 3. The molecule has 0 aromatic heterocycles. The minimum atomic E-state index is -0.469. The van der Waals surface area contributed by atoms with E-state index in [2.05, 4.69) is 217 Å². The van der Waals surface area contributed by atoms with Gasteiger partial charge in [-0.2, -0.15) is 0 Å². The molecule has 1 atom stereocenters. The number of fused-ring (bicyclic) bond motifs is 7. The number of allylic oxidation sites excluding steroid dienone is 12. The van der Waals surface area contributed by atoms with E-state index in [1.165, 1.54) is 93.7 Å². The highest BCUT2D eigenvalue weighted by Crippen LogP contribution is 2.56. The number of thioether (sulfide) groups is 1. The maximum Gasteiger partial charge on any atom is 0.252 e. The molecule has 2 nitrogen and oxygen atoms in total. The molecule has 4 heteroatoms. The first-order valence-corrected chi connectivity index (χ1v) is 24.3. The summed E-state index contributed by atoms with van der Waals surface area (Å²) >= 11 is 2.02. The van der Waals surface area contributed by atoms with E-state index in [0.717, 1.165) is 38.5 Å². The number of rotatable bonds is 6. The van der Waals surface area contributed by atoms with Gasteiger partial charge in [0.1, 0.15) is 0 Å². The Kier molecular flexibility index (Phi) is 10.5. The van der Waals surface area contributed by atoms with Crippen LogP contribution < -0.4 is 26.2 Å². The molecule has 0 saturated carbocycles. The van der Waals surface area contributed by atoms with Crippen LogP contribution in [-0.2, 0) is 16.2 Å². The molecule has 5 aromatic carbocycles. The number of nitrogens with zero attached hydrogens (tertiary/aromatic N) is 2. The summed E-state index contributed by atoms with van der Waals surface area (Å²) in [6, 6.07) is 40.6. The second-order valence-electron chi connectivity index (χ2n) is 20.1. The Morgan fingerprint density at radius 3 is 2.10 bits per heavy atom. The van der Waals surface area contributed by atoms with E-state index >= 15 is 0 Å². The molecule has 0 N–H and O–H groups in total. The minimum absolute atomic E-state index is 0.0110. The molecule has 0 saturated heterocycles. The van der Waals surface area contributed by atoms with Crippen LogP contribution in [0.5, 0.6) is 0 Å². The van der Waals surface area contributed by atoms with Crippen molar-refractivity contribution >= 4 is 69.0 Å². The average Bonchev–Trinajstić information content (AvgIpc) is 3.58. The van der Waals surface area contributed by atoms with Gasteiger partial charge in [-0.1, -0.05) is 177 Å². The first-order chi connectivity index (χ1) is 30.4. The summed E-state index contributed by atoms with van der Waals surface area (Å²) in [5.74, 6) is 0. The third-order valence-electron chi connectivity index (χ3n) is 14.1. The van der Waals surface area contributed by atoms with Gasteiger partial charge in [0, 0.05) is 33.3 Å². The molecule has 5 aromatic rings.